The molecule has 0 radical (unpaired) electrons. The van der Waals surface area contributed by atoms with Crippen LogP contribution in [0.3, 0.4) is 0 Å². The van der Waals surface area contributed by atoms with Crippen LogP contribution in [0, 0.1) is 0 Å². The Labute approximate surface area is 166 Å². The molecule has 0 spiro atoms. The number of aromatic nitrogens is 1. The third kappa shape index (κ3) is 5.37. The Bertz CT molecular complexity index is 856. The van der Waals surface area contributed by atoms with Crippen molar-refractivity contribution in [1.29, 1.82) is 0 Å². The molecule has 0 atom stereocenters. The van der Waals surface area contributed by atoms with E-state index in [0.29, 0.717) is 31.3 Å². The van der Waals surface area contributed by atoms with Gasteiger partial charge >= 0.3 is 5.97 Å². The number of likely N-dealkylation sites (N-methyl/N-ethyl adjacent to an activating group) is 1. The second-order valence-corrected chi connectivity index (χ2v) is 7.27. The molecule has 0 bridgehead atoms. The van der Waals surface area contributed by atoms with Gasteiger partial charge in [0.25, 0.3) is 5.91 Å². The number of ether oxygens (including phenoxy) is 2. The predicted octanol–water partition coefficient (Wildman–Crippen LogP) is 1.17. The van der Waals surface area contributed by atoms with Crippen molar-refractivity contribution in [3.05, 3.63) is 35.3 Å². The minimum absolute atomic E-state index is 0.0576. The maximum Gasteiger partial charge on any atom is 0.331 e. The summed E-state index contributed by atoms with van der Waals surface area (Å²) < 4.78 is 11.2. The Hall–Kier alpha value is -2.78. The normalized spacial score (nSPS) is 14.4. The van der Waals surface area contributed by atoms with Gasteiger partial charge in [-0.2, -0.15) is 0 Å². The number of amides is 2. The van der Waals surface area contributed by atoms with Gasteiger partial charge in [0, 0.05) is 26.2 Å². The topological polar surface area (TPSA) is 89.0 Å². The van der Waals surface area contributed by atoms with Crippen LogP contribution in [0.2, 0.25) is 0 Å². The molecule has 2 aromatic rings. The lowest BCUT2D eigenvalue weighted by atomic mass is 10.3. The van der Waals surface area contributed by atoms with Crippen LogP contribution in [-0.2, 0) is 23.9 Å². The van der Waals surface area contributed by atoms with Crippen molar-refractivity contribution in [3.8, 4) is 0 Å². The lowest BCUT2D eigenvalue weighted by Gasteiger charge is -2.28. The van der Waals surface area contributed by atoms with Crippen molar-refractivity contribution in [2.24, 2.45) is 0 Å². The van der Waals surface area contributed by atoms with Crippen LogP contribution in [0.15, 0.2) is 30.3 Å². The van der Waals surface area contributed by atoms with Gasteiger partial charge < -0.3 is 19.3 Å². The monoisotopic (exact) mass is 403 g/mol. The summed E-state index contributed by atoms with van der Waals surface area (Å²) >= 11 is 1.46. The first-order chi connectivity index (χ1) is 13.5. The molecule has 1 aliphatic heterocycles. The van der Waals surface area contributed by atoms with Gasteiger partial charge in [-0.25, -0.2) is 9.78 Å². The van der Waals surface area contributed by atoms with E-state index in [4.69, 9.17) is 9.47 Å². The standard InChI is InChI=1S/C19H21N3O5S/c1-21(12-17(23)22-8-10-26-11-9-22)18(24)13-27-19(25)7-6-16-20-14-4-2-3-5-15(14)28-16/h2-7H,8-13H2,1H3/b7-6+. The van der Waals surface area contributed by atoms with Crippen molar-refractivity contribution < 1.29 is 23.9 Å². The highest BCUT2D eigenvalue weighted by atomic mass is 32.1. The second-order valence-electron chi connectivity index (χ2n) is 6.20. The second kappa shape index (κ2) is 9.43. The Kier molecular flexibility index (Phi) is 6.72. The lowest BCUT2D eigenvalue weighted by Crippen LogP contribution is -2.46. The van der Waals surface area contributed by atoms with Crippen LogP contribution in [-0.4, -0.2) is 79.1 Å². The van der Waals surface area contributed by atoms with E-state index in [9.17, 15) is 14.4 Å². The molecule has 1 aromatic heterocycles. The van der Waals surface area contributed by atoms with Crippen LogP contribution in [0.25, 0.3) is 16.3 Å². The molecule has 0 aliphatic carbocycles. The average molecular weight is 403 g/mol. The fourth-order valence-corrected chi connectivity index (χ4v) is 3.47. The number of hydrogen-bond donors (Lipinski definition) is 0. The number of fused-ring (bicyclic) bond motifs is 1. The molecule has 1 fully saturated rings. The van der Waals surface area contributed by atoms with Gasteiger partial charge in [0.1, 0.15) is 5.01 Å². The van der Waals surface area contributed by atoms with E-state index >= 15 is 0 Å². The van der Waals surface area contributed by atoms with Gasteiger partial charge in [-0.1, -0.05) is 12.1 Å². The Morgan fingerprint density at radius 2 is 2.04 bits per heavy atom. The van der Waals surface area contributed by atoms with E-state index in [-0.39, 0.29) is 12.5 Å². The molecule has 9 heteroatoms. The molecule has 28 heavy (non-hydrogen) atoms. The first-order valence-corrected chi connectivity index (χ1v) is 9.64. The summed E-state index contributed by atoms with van der Waals surface area (Å²) in [7, 11) is 1.51. The summed E-state index contributed by atoms with van der Waals surface area (Å²) in [6.45, 7) is 1.57. The SMILES string of the molecule is CN(CC(=O)N1CCOCC1)C(=O)COC(=O)/C=C/c1nc2ccccc2s1. The zero-order chi connectivity index (χ0) is 19.9. The third-order valence-electron chi connectivity index (χ3n) is 4.17. The molecular weight excluding hydrogens is 382 g/mol. The summed E-state index contributed by atoms with van der Waals surface area (Å²) in [5, 5.41) is 0.678. The number of carbonyl (C=O) groups is 3. The fraction of sp³-hybridized carbons (Fsp3) is 0.368. The van der Waals surface area contributed by atoms with Crippen LogP contribution < -0.4 is 0 Å². The summed E-state index contributed by atoms with van der Waals surface area (Å²) in [5.41, 5.74) is 0.863. The Morgan fingerprint density at radius 1 is 1.29 bits per heavy atom. The summed E-state index contributed by atoms with van der Waals surface area (Å²) in [4.78, 5) is 43.3. The highest BCUT2D eigenvalue weighted by Gasteiger charge is 2.20. The molecule has 8 nitrogen and oxygen atoms in total. The van der Waals surface area contributed by atoms with Gasteiger partial charge in [-0.15, -0.1) is 11.3 Å². The van der Waals surface area contributed by atoms with E-state index in [2.05, 4.69) is 4.98 Å². The first kappa shape index (κ1) is 20.0. The molecule has 1 aromatic carbocycles. The number of esters is 1. The van der Waals surface area contributed by atoms with Gasteiger partial charge in [-0.3, -0.25) is 9.59 Å². The summed E-state index contributed by atoms with van der Waals surface area (Å²) in [6.07, 6.45) is 2.80. The van der Waals surface area contributed by atoms with Crippen molar-refractivity contribution in [2.75, 3.05) is 46.5 Å². The van der Waals surface area contributed by atoms with E-state index in [1.165, 1.54) is 29.4 Å². The van der Waals surface area contributed by atoms with Crippen molar-refractivity contribution in [2.45, 2.75) is 0 Å². The molecule has 2 amide bonds. The number of rotatable bonds is 6. The number of hydrogen-bond acceptors (Lipinski definition) is 7. The smallest absolute Gasteiger partial charge is 0.331 e. The number of nitrogens with zero attached hydrogens (tertiary/aromatic N) is 3. The molecule has 3 rings (SSSR count). The first-order valence-electron chi connectivity index (χ1n) is 8.83. The van der Waals surface area contributed by atoms with E-state index in [1.807, 2.05) is 24.3 Å². The zero-order valence-corrected chi connectivity index (χ0v) is 16.3. The number of benzene rings is 1. The van der Waals surface area contributed by atoms with Gasteiger partial charge in [-0.05, 0) is 18.2 Å². The molecule has 1 aliphatic rings. The van der Waals surface area contributed by atoms with Crippen LogP contribution in [0.1, 0.15) is 5.01 Å². The largest absolute Gasteiger partial charge is 0.452 e. The average Bonchev–Trinajstić information content (AvgIpc) is 3.14. The lowest BCUT2D eigenvalue weighted by molar-refractivity contribution is -0.149. The van der Waals surface area contributed by atoms with E-state index in [1.54, 1.807) is 11.0 Å². The van der Waals surface area contributed by atoms with Crippen LogP contribution in [0.4, 0.5) is 0 Å². The molecule has 1 saturated heterocycles. The van der Waals surface area contributed by atoms with Gasteiger partial charge in [0.05, 0.1) is 30.0 Å². The zero-order valence-electron chi connectivity index (χ0n) is 15.5. The summed E-state index contributed by atoms with van der Waals surface area (Å²) in [5.74, 6) is -1.23. The molecule has 0 N–H and O–H groups in total. The molecular formula is C19H21N3O5S. The van der Waals surface area contributed by atoms with Crippen LogP contribution >= 0.6 is 11.3 Å². The van der Waals surface area contributed by atoms with Gasteiger partial charge in [0.15, 0.2) is 6.61 Å². The van der Waals surface area contributed by atoms with E-state index < -0.39 is 18.5 Å². The highest BCUT2D eigenvalue weighted by molar-refractivity contribution is 7.19. The minimum Gasteiger partial charge on any atom is -0.452 e. The molecule has 0 unspecified atom stereocenters. The number of carbonyl (C=O) groups excluding carboxylic acids is 3. The van der Waals surface area contributed by atoms with Crippen molar-refractivity contribution in [1.82, 2.24) is 14.8 Å². The number of para-hydroxylation sites is 1. The van der Waals surface area contributed by atoms with Gasteiger partial charge in [0.2, 0.25) is 5.91 Å². The molecule has 2 heterocycles. The quantitative estimate of drug-likeness (QED) is 0.531. The number of thiazole rings is 1. The maximum absolute atomic E-state index is 12.1. The summed E-state index contributed by atoms with van der Waals surface area (Å²) in [6, 6.07) is 7.67. The fourth-order valence-electron chi connectivity index (χ4n) is 2.60. The number of morpholine rings is 1. The van der Waals surface area contributed by atoms with Crippen LogP contribution in [0.5, 0.6) is 0 Å². The maximum atomic E-state index is 12.1. The Morgan fingerprint density at radius 3 is 2.79 bits per heavy atom. The van der Waals surface area contributed by atoms with Crippen molar-refractivity contribution in [3.63, 3.8) is 0 Å². The molecule has 0 saturated carbocycles. The highest BCUT2D eigenvalue weighted by Crippen LogP contribution is 2.22. The van der Waals surface area contributed by atoms with E-state index in [0.717, 1.165) is 10.2 Å². The van der Waals surface area contributed by atoms with Crippen molar-refractivity contribution >= 4 is 45.4 Å². The predicted molar refractivity (Wildman–Crippen MR) is 105 cm³/mol. The third-order valence-corrected chi connectivity index (χ3v) is 5.17. The Balaban J connectivity index is 1.43. The minimum atomic E-state index is -0.638. The molecule has 148 valence electrons.